The summed E-state index contributed by atoms with van der Waals surface area (Å²) in [7, 11) is 3.39. The van der Waals surface area contributed by atoms with Gasteiger partial charge in [-0.25, -0.2) is 9.37 Å². The number of nitrogens with zero attached hydrogens (tertiary/aromatic N) is 5. The van der Waals surface area contributed by atoms with Gasteiger partial charge in [-0.1, -0.05) is 19.8 Å². The average molecular weight is 468 g/mol. The fourth-order valence-electron chi connectivity index (χ4n) is 4.62. The van der Waals surface area contributed by atoms with Crippen LogP contribution in [0.25, 0.3) is 11.4 Å². The number of amides is 2. The second kappa shape index (κ2) is 9.74. The lowest BCUT2D eigenvalue weighted by molar-refractivity contribution is -0.119. The van der Waals surface area contributed by atoms with Crippen LogP contribution in [0.4, 0.5) is 10.1 Å². The van der Waals surface area contributed by atoms with E-state index in [2.05, 4.69) is 32.7 Å². The standard InChI is InChI=1S/C24H30FN7O2/c1-14-5-7-16(8-6-14)20(30-23(33)19-9-10-27-31(19)3)24(34)29-17-11-18(25)21(26-13-17)22-15(2)12-28-32(22)4/h9-14,16,20H,5-8H2,1-4H3,(H,29,34)(H,30,33)/t14?,16?,20-/m0/s1. The second-order valence-electron chi connectivity index (χ2n) is 9.15. The molecule has 1 saturated carbocycles. The summed E-state index contributed by atoms with van der Waals surface area (Å²) in [5, 5.41) is 13.8. The molecule has 4 rings (SSSR count). The van der Waals surface area contributed by atoms with Gasteiger partial charge in [0.25, 0.3) is 5.91 Å². The monoisotopic (exact) mass is 467 g/mol. The molecule has 2 amide bonds. The molecule has 0 aliphatic heterocycles. The predicted octanol–water partition coefficient (Wildman–Crippen LogP) is 3.23. The first-order valence-electron chi connectivity index (χ1n) is 11.5. The van der Waals surface area contributed by atoms with Gasteiger partial charge < -0.3 is 10.6 Å². The van der Waals surface area contributed by atoms with E-state index in [0.29, 0.717) is 17.3 Å². The molecule has 0 bridgehead atoms. The molecule has 9 nitrogen and oxygen atoms in total. The zero-order valence-corrected chi connectivity index (χ0v) is 19.9. The van der Waals surface area contributed by atoms with E-state index in [1.165, 1.54) is 23.1 Å². The van der Waals surface area contributed by atoms with Gasteiger partial charge in [0, 0.05) is 26.4 Å². The number of halogens is 1. The molecule has 2 N–H and O–H groups in total. The van der Waals surface area contributed by atoms with Crippen LogP contribution in [0.3, 0.4) is 0 Å². The van der Waals surface area contributed by atoms with E-state index < -0.39 is 11.9 Å². The summed E-state index contributed by atoms with van der Waals surface area (Å²) in [4.78, 5) is 30.4. The zero-order valence-electron chi connectivity index (χ0n) is 19.9. The molecule has 1 aliphatic carbocycles. The summed E-state index contributed by atoms with van der Waals surface area (Å²) in [6, 6.07) is 2.10. The summed E-state index contributed by atoms with van der Waals surface area (Å²) in [5.74, 6) is -0.742. The fraction of sp³-hybridized carbons (Fsp3) is 0.458. The Morgan fingerprint density at radius 1 is 1.12 bits per heavy atom. The summed E-state index contributed by atoms with van der Waals surface area (Å²) >= 11 is 0. The minimum Gasteiger partial charge on any atom is -0.339 e. The van der Waals surface area contributed by atoms with Crippen LogP contribution < -0.4 is 10.6 Å². The molecule has 0 aromatic carbocycles. The van der Waals surface area contributed by atoms with E-state index in [0.717, 1.165) is 31.2 Å². The molecule has 34 heavy (non-hydrogen) atoms. The molecule has 3 aromatic rings. The highest BCUT2D eigenvalue weighted by atomic mass is 19.1. The topological polar surface area (TPSA) is 107 Å². The lowest BCUT2D eigenvalue weighted by Gasteiger charge is -2.32. The van der Waals surface area contributed by atoms with Crippen molar-refractivity contribution in [1.29, 1.82) is 0 Å². The number of carbonyl (C=O) groups excluding carboxylic acids is 2. The maximum absolute atomic E-state index is 14.9. The number of hydrogen-bond acceptors (Lipinski definition) is 5. The van der Waals surface area contributed by atoms with Crippen LogP contribution >= 0.6 is 0 Å². The Morgan fingerprint density at radius 3 is 2.44 bits per heavy atom. The predicted molar refractivity (Wildman–Crippen MR) is 125 cm³/mol. The SMILES string of the molecule is Cc1cnn(C)c1-c1ncc(NC(=O)[C@@H](NC(=O)c2ccnn2C)C2CCC(C)CC2)cc1F. The molecule has 1 aliphatic rings. The maximum Gasteiger partial charge on any atom is 0.270 e. The van der Waals surface area contributed by atoms with Crippen molar-refractivity contribution in [1.82, 2.24) is 29.9 Å². The Bertz CT molecular complexity index is 1170. The second-order valence-corrected chi connectivity index (χ2v) is 9.15. The normalized spacial score (nSPS) is 19.0. The van der Waals surface area contributed by atoms with Crippen LogP contribution in [0.15, 0.2) is 30.7 Å². The summed E-state index contributed by atoms with van der Waals surface area (Å²) in [5.41, 5.74) is 2.14. The van der Waals surface area contributed by atoms with Crippen molar-refractivity contribution in [3.8, 4) is 11.4 Å². The molecule has 3 aromatic heterocycles. The Balaban J connectivity index is 1.54. The molecular formula is C24H30FN7O2. The number of carbonyl (C=O) groups is 2. The summed E-state index contributed by atoms with van der Waals surface area (Å²) < 4.78 is 18.0. The van der Waals surface area contributed by atoms with Crippen LogP contribution in [-0.4, -0.2) is 42.4 Å². The van der Waals surface area contributed by atoms with E-state index in [4.69, 9.17) is 0 Å². The van der Waals surface area contributed by atoms with Gasteiger partial charge in [0.15, 0.2) is 5.82 Å². The quantitative estimate of drug-likeness (QED) is 0.579. The van der Waals surface area contributed by atoms with Gasteiger partial charge >= 0.3 is 0 Å². The molecule has 180 valence electrons. The summed E-state index contributed by atoms with van der Waals surface area (Å²) in [6.45, 7) is 4.03. The highest BCUT2D eigenvalue weighted by Crippen LogP contribution is 2.31. The average Bonchev–Trinajstić information content (AvgIpc) is 3.38. The molecule has 0 radical (unpaired) electrons. The lowest BCUT2D eigenvalue weighted by Crippen LogP contribution is -2.49. The molecule has 1 fully saturated rings. The van der Waals surface area contributed by atoms with Crippen LogP contribution in [0, 0.1) is 24.6 Å². The number of rotatable bonds is 6. The van der Waals surface area contributed by atoms with E-state index in [1.807, 2.05) is 6.92 Å². The number of aromatic nitrogens is 5. The number of aryl methyl sites for hydroxylation is 3. The van der Waals surface area contributed by atoms with Crippen molar-refractivity contribution in [2.45, 2.75) is 45.6 Å². The van der Waals surface area contributed by atoms with Crippen LogP contribution in [-0.2, 0) is 18.9 Å². The minimum atomic E-state index is -0.753. The maximum atomic E-state index is 14.9. The van der Waals surface area contributed by atoms with Crippen molar-refractivity contribution in [3.05, 3.63) is 47.8 Å². The van der Waals surface area contributed by atoms with Crippen molar-refractivity contribution >= 4 is 17.5 Å². The van der Waals surface area contributed by atoms with Gasteiger partial charge in [0.05, 0.1) is 23.8 Å². The first-order valence-corrected chi connectivity index (χ1v) is 11.5. The minimum absolute atomic E-state index is 0.0115. The molecule has 0 unspecified atom stereocenters. The largest absolute Gasteiger partial charge is 0.339 e. The third-order valence-electron chi connectivity index (χ3n) is 6.61. The van der Waals surface area contributed by atoms with Gasteiger partial charge in [-0.15, -0.1) is 0 Å². The first-order chi connectivity index (χ1) is 16.2. The third-order valence-corrected chi connectivity index (χ3v) is 6.61. The third kappa shape index (κ3) is 4.85. The highest BCUT2D eigenvalue weighted by Gasteiger charge is 2.33. The summed E-state index contributed by atoms with van der Waals surface area (Å²) in [6.07, 6.45) is 8.24. The van der Waals surface area contributed by atoms with E-state index >= 15 is 0 Å². The molecule has 0 saturated heterocycles. The van der Waals surface area contributed by atoms with Gasteiger partial charge in [-0.2, -0.15) is 10.2 Å². The van der Waals surface area contributed by atoms with Crippen molar-refractivity contribution in [2.75, 3.05) is 5.32 Å². The van der Waals surface area contributed by atoms with E-state index in [-0.39, 0.29) is 29.1 Å². The van der Waals surface area contributed by atoms with Crippen LogP contribution in [0.2, 0.25) is 0 Å². The van der Waals surface area contributed by atoms with Crippen molar-refractivity contribution < 1.29 is 14.0 Å². The first kappa shape index (κ1) is 23.6. The Hall–Kier alpha value is -3.56. The molecular weight excluding hydrogens is 437 g/mol. The molecule has 10 heteroatoms. The Morgan fingerprint density at radius 2 is 1.85 bits per heavy atom. The zero-order chi connectivity index (χ0) is 24.4. The molecule has 1 atom stereocenters. The fourth-order valence-corrected chi connectivity index (χ4v) is 4.62. The molecule has 0 spiro atoms. The smallest absolute Gasteiger partial charge is 0.270 e. The van der Waals surface area contributed by atoms with Crippen molar-refractivity contribution in [3.63, 3.8) is 0 Å². The van der Waals surface area contributed by atoms with Gasteiger partial charge in [-0.05, 0) is 43.2 Å². The van der Waals surface area contributed by atoms with Crippen LogP contribution in [0.5, 0.6) is 0 Å². The number of nitrogens with one attached hydrogen (secondary N) is 2. The number of anilines is 1. The molecule has 3 heterocycles. The van der Waals surface area contributed by atoms with Crippen LogP contribution in [0.1, 0.15) is 48.7 Å². The van der Waals surface area contributed by atoms with Gasteiger partial charge in [0.2, 0.25) is 5.91 Å². The van der Waals surface area contributed by atoms with E-state index in [9.17, 15) is 14.0 Å². The van der Waals surface area contributed by atoms with Crippen molar-refractivity contribution in [2.24, 2.45) is 25.9 Å². The Kier molecular flexibility index (Phi) is 6.76. The van der Waals surface area contributed by atoms with Gasteiger partial charge in [0.1, 0.15) is 17.4 Å². The number of hydrogen-bond donors (Lipinski definition) is 2. The lowest BCUT2D eigenvalue weighted by atomic mass is 9.79. The highest BCUT2D eigenvalue weighted by molar-refractivity contribution is 6.00. The van der Waals surface area contributed by atoms with Gasteiger partial charge in [-0.3, -0.25) is 19.0 Å². The Labute approximate surface area is 197 Å². The number of pyridine rings is 1. The van der Waals surface area contributed by atoms with E-state index in [1.54, 1.807) is 31.0 Å².